The molecule has 0 aromatic heterocycles. The Morgan fingerprint density at radius 1 is 1.57 bits per heavy atom. The fraction of sp³-hybridized carbons (Fsp3) is 0.300. The normalized spacial score (nSPS) is 12.4. The van der Waals surface area contributed by atoms with E-state index in [1.165, 1.54) is 7.11 Å². The first kappa shape index (κ1) is 11.2. The molecule has 1 aromatic rings. The molecule has 76 valence electrons. The number of hydrogen-bond acceptors (Lipinski definition) is 2. The number of benzene rings is 1. The molecule has 0 heterocycles. The molecule has 1 N–H and O–H groups in total. The van der Waals surface area contributed by atoms with E-state index in [9.17, 15) is 4.79 Å². The lowest BCUT2D eigenvalue weighted by Crippen LogP contribution is -2.24. The predicted molar refractivity (Wildman–Crippen MR) is 56.3 cm³/mol. The van der Waals surface area contributed by atoms with Gasteiger partial charge in [0.2, 0.25) is 0 Å². The Morgan fingerprint density at radius 3 is 2.71 bits per heavy atom. The van der Waals surface area contributed by atoms with Crippen LogP contribution in [0.2, 0.25) is 0 Å². The number of rotatable bonds is 4. The fourth-order valence-electron chi connectivity index (χ4n) is 1.14. The minimum atomic E-state index is -0.941. The highest BCUT2D eigenvalue weighted by atomic mass is 79.9. The van der Waals surface area contributed by atoms with E-state index in [1.807, 2.05) is 24.3 Å². The minimum Gasteiger partial charge on any atom is -0.479 e. The summed E-state index contributed by atoms with van der Waals surface area (Å²) >= 11 is 3.35. The van der Waals surface area contributed by atoms with Gasteiger partial charge in [-0.2, -0.15) is 0 Å². The van der Waals surface area contributed by atoms with Crippen LogP contribution in [-0.2, 0) is 16.0 Å². The van der Waals surface area contributed by atoms with E-state index < -0.39 is 12.1 Å². The van der Waals surface area contributed by atoms with Crippen LogP contribution in [0.5, 0.6) is 0 Å². The number of carbonyl (C=O) groups is 1. The summed E-state index contributed by atoms with van der Waals surface area (Å²) in [5, 5.41) is 8.79. The van der Waals surface area contributed by atoms with Crippen LogP contribution in [0, 0.1) is 0 Å². The number of halogens is 1. The van der Waals surface area contributed by atoms with Crippen molar-refractivity contribution in [3.05, 3.63) is 34.3 Å². The number of methoxy groups -OCH3 is 1. The van der Waals surface area contributed by atoms with Gasteiger partial charge in [-0.3, -0.25) is 0 Å². The van der Waals surface area contributed by atoms with Gasteiger partial charge in [-0.15, -0.1) is 0 Å². The molecule has 1 aromatic carbocycles. The SMILES string of the molecule is COC(Cc1ccccc1Br)C(=O)O. The summed E-state index contributed by atoms with van der Waals surface area (Å²) in [5.74, 6) is -0.941. The van der Waals surface area contributed by atoms with Gasteiger partial charge in [0.15, 0.2) is 6.10 Å². The van der Waals surface area contributed by atoms with E-state index in [1.54, 1.807) is 0 Å². The third-order valence-corrected chi connectivity index (χ3v) is 2.70. The van der Waals surface area contributed by atoms with Gasteiger partial charge in [0, 0.05) is 18.0 Å². The highest BCUT2D eigenvalue weighted by Crippen LogP contribution is 2.18. The van der Waals surface area contributed by atoms with Crippen LogP contribution >= 0.6 is 15.9 Å². The van der Waals surface area contributed by atoms with Crippen molar-refractivity contribution in [2.24, 2.45) is 0 Å². The number of carboxylic acids is 1. The number of aliphatic carboxylic acids is 1. The van der Waals surface area contributed by atoms with Crippen molar-refractivity contribution in [2.45, 2.75) is 12.5 Å². The Labute approximate surface area is 90.8 Å². The maximum atomic E-state index is 10.7. The third kappa shape index (κ3) is 2.82. The van der Waals surface area contributed by atoms with E-state index in [0.29, 0.717) is 6.42 Å². The van der Waals surface area contributed by atoms with E-state index in [-0.39, 0.29) is 0 Å². The molecule has 0 aliphatic heterocycles. The molecule has 1 rings (SSSR count). The lowest BCUT2D eigenvalue weighted by molar-refractivity contribution is -0.148. The lowest BCUT2D eigenvalue weighted by atomic mass is 10.1. The number of carboxylic acid groups (broad SMARTS) is 1. The van der Waals surface area contributed by atoms with Gasteiger partial charge in [-0.1, -0.05) is 34.1 Å². The molecule has 0 aliphatic rings. The first-order valence-electron chi connectivity index (χ1n) is 4.14. The van der Waals surface area contributed by atoms with Crippen molar-refractivity contribution in [2.75, 3.05) is 7.11 Å². The molecule has 4 heteroatoms. The van der Waals surface area contributed by atoms with Crippen LogP contribution in [0.4, 0.5) is 0 Å². The summed E-state index contributed by atoms with van der Waals surface area (Å²) in [6, 6.07) is 7.51. The van der Waals surface area contributed by atoms with Crippen molar-refractivity contribution in [1.29, 1.82) is 0 Å². The summed E-state index contributed by atoms with van der Waals surface area (Å²) in [6.07, 6.45) is -0.415. The van der Waals surface area contributed by atoms with E-state index in [0.717, 1.165) is 10.0 Å². The van der Waals surface area contributed by atoms with Crippen molar-refractivity contribution in [3.8, 4) is 0 Å². The second-order valence-corrected chi connectivity index (χ2v) is 3.71. The van der Waals surface area contributed by atoms with Crippen LogP contribution in [0.25, 0.3) is 0 Å². The molecule has 0 bridgehead atoms. The van der Waals surface area contributed by atoms with Crippen LogP contribution in [0.1, 0.15) is 5.56 Å². The summed E-state index contributed by atoms with van der Waals surface area (Å²) < 4.78 is 5.76. The molecule has 0 radical (unpaired) electrons. The van der Waals surface area contributed by atoms with Crippen LogP contribution in [0.15, 0.2) is 28.7 Å². The van der Waals surface area contributed by atoms with Gasteiger partial charge in [0.25, 0.3) is 0 Å². The molecule has 14 heavy (non-hydrogen) atoms. The maximum Gasteiger partial charge on any atom is 0.333 e. The zero-order chi connectivity index (χ0) is 10.6. The highest BCUT2D eigenvalue weighted by Gasteiger charge is 2.17. The monoisotopic (exact) mass is 258 g/mol. The van der Waals surface area contributed by atoms with Crippen molar-refractivity contribution in [3.63, 3.8) is 0 Å². The average molecular weight is 259 g/mol. The zero-order valence-corrected chi connectivity index (χ0v) is 9.32. The second kappa shape index (κ2) is 5.12. The largest absolute Gasteiger partial charge is 0.479 e. The highest BCUT2D eigenvalue weighted by molar-refractivity contribution is 9.10. The molecule has 0 saturated carbocycles. The summed E-state index contributed by atoms with van der Waals surface area (Å²) in [6.45, 7) is 0. The molecular formula is C10H11BrO3. The number of ether oxygens (including phenoxy) is 1. The van der Waals surface area contributed by atoms with Crippen LogP contribution < -0.4 is 0 Å². The lowest BCUT2D eigenvalue weighted by Gasteiger charge is -2.11. The average Bonchev–Trinajstić information content (AvgIpc) is 2.16. The smallest absolute Gasteiger partial charge is 0.333 e. The van der Waals surface area contributed by atoms with Gasteiger partial charge in [-0.05, 0) is 11.6 Å². The first-order chi connectivity index (χ1) is 6.65. The van der Waals surface area contributed by atoms with Crippen molar-refractivity contribution < 1.29 is 14.6 Å². The van der Waals surface area contributed by atoms with Crippen molar-refractivity contribution >= 4 is 21.9 Å². The van der Waals surface area contributed by atoms with Crippen LogP contribution in [-0.4, -0.2) is 24.3 Å². The van der Waals surface area contributed by atoms with Crippen molar-refractivity contribution in [1.82, 2.24) is 0 Å². The van der Waals surface area contributed by atoms with E-state index in [4.69, 9.17) is 9.84 Å². The minimum absolute atomic E-state index is 0.368. The molecule has 1 atom stereocenters. The summed E-state index contributed by atoms with van der Waals surface area (Å²) in [5.41, 5.74) is 0.932. The molecule has 0 aliphatic carbocycles. The Hall–Kier alpha value is -0.870. The zero-order valence-electron chi connectivity index (χ0n) is 7.74. The number of hydrogen-bond donors (Lipinski definition) is 1. The second-order valence-electron chi connectivity index (χ2n) is 2.86. The molecule has 0 saturated heterocycles. The Kier molecular flexibility index (Phi) is 4.10. The van der Waals surface area contributed by atoms with E-state index >= 15 is 0 Å². The third-order valence-electron chi connectivity index (χ3n) is 1.92. The first-order valence-corrected chi connectivity index (χ1v) is 4.93. The molecule has 3 nitrogen and oxygen atoms in total. The Morgan fingerprint density at radius 2 is 2.21 bits per heavy atom. The topological polar surface area (TPSA) is 46.5 Å². The molecule has 0 spiro atoms. The van der Waals surface area contributed by atoms with Gasteiger partial charge in [0.05, 0.1) is 0 Å². The maximum absolute atomic E-state index is 10.7. The Bertz CT molecular complexity index is 325. The summed E-state index contributed by atoms with van der Waals surface area (Å²) in [4.78, 5) is 10.7. The fourth-order valence-corrected chi connectivity index (χ4v) is 1.58. The molecule has 1 unspecified atom stereocenters. The van der Waals surface area contributed by atoms with Crippen LogP contribution in [0.3, 0.4) is 0 Å². The van der Waals surface area contributed by atoms with E-state index in [2.05, 4.69) is 15.9 Å². The van der Waals surface area contributed by atoms with Gasteiger partial charge in [-0.25, -0.2) is 4.79 Å². The quantitative estimate of drug-likeness (QED) is 0.900. The Balaban J connectivity index is 2.77. The standard InChI is InChI=1S/C10H11BrO3/c1-14-9(10(12)13)6-7-4-2-3-5-8(7)11/h2-5,9H,6H2,1H3,(H,12,13). The molecule has 0 fully saturated rings. The predicted octanol–water partition coefficient (Wildman–Crippen LogP) is 2.09. The summed E-state index contributed by atoms with van der Waals surface area (Å²) in [7, 11) is 1.40. The molecular weight excluding hydrogens is 248 g/mol. The van der Waals surface area contributed by atoms with Gasteiger partial charge < -0.3 is 9.84 Å². The molecule has 0 amide bonds. The van der Waals surface area contributed by atoms with Gasteiger partial charge >= 0.3 is 5.97 Å². The van der Waals surface area contributed by atoms with Gasteiger partial charge in [0.1, 0.15) is 0 Å².